The predicted octanol–water partition coefficient (Wildman–Crippen LogP) is -4.40. The van der Waals surface area contributed by atoms with E-state index in [4.69, 9.17) is 16.0 Å². The molecule has 0 fully saturated rings. The molecule has 0 rings (SSSR count). The molecule has 0 unspecified atom stereocenters. The molecule has 0 spiro atoms. The second-order valence-electron chi connectivity index (χ2n) is 0.415. The van der Waals surface area contributed by atoms with Crippen LogP contribution in [0.25, 0.3) is 0 Å². The fraction of sp³-hybridized carbons (Fsp3) is 0. The van der Waals surface area contributed by atoms with Crippen molar-refractivity contribution in [1.82, 2.24) is 0 Å². The predicted molar refractivity (Wildman–Crippen MR) is 14.9 cm³/mol. The molecule has 0 amide bonds. The fourth-order valence-electron chi connectivity index (χ4n) is 0. The molecule has 8 heavy (non-hydrogen) atoms. The third kappa shape index (κ3) is 104. The summed E-state index contributed by atoms with van der Waals surface area (Å²) in [5.74, 6) is 0. The van der Waals surface area contributed by atoms with E-state index in [1.54, 1.807) is 0 Å². The quantitative estimate of drug-likeness (QED) is 0.399. The Hall–Kier alpha value is 1.90. The van der Waals surface area contributed by atoms with Crippen molar-refractivity contribution in [1.29, 1.82) is 0 Å². The van der Waals surface area contributed by atoms with Gasteiger partial charge in [-0.2, -0.15) is 0 Å². The van der Waals surface area contributed by atoms with Crippen LogP contribution in [0.1, 0.15) is 4.28 Å². The van der Waals surface area contributed by atoms with Gasteiger partial charge < -0.3 is 4.28 Å². The van der Waals surface area contributed by atoms with Gasteiger partial charge in [-0.25, -0.2) is 0 Å². The molecule has 2 N–H and O–H groups in total. The Balaban J connectivity index is -0.00000000533. The zero-order valence-electron chi connectivity index (χ0n) is 7.11. The molecular weight excluding hydrogens is 209 g/mol. The minimum absolute atomic E-state index is 0. The second kappa shape index (κ2) is 8.90. The first-order valence-corrected chi connectivity index (χ1v) is 2.67. The van der Waals surface area contributed by atoms with Crippen LogP contribution in [0.4, 0.5) is 0 Å². The maximum atomic E-state index is 8.80. The van der Waals surface area contributed by atoms with Crippen LogP contribution in [0.3, 0.4) is 0 Å². The molecule has 0 aliphatic heterocycles. The monoisotopic (exact) mass is 213 g/mol. The van der Waals surface area contributed by atoms with Gasteiger partial charge >= 0.3 is 71.3 Å². The SMILES string of the molecule is [H-].[H-].[H-].[Li+].[Mg+2].[Ni].[O]=[Mn](=[O])([OH])[OH]. The maximum absolute atomic E-state index is 8.80. The molecule has 0 aromatic heterocycles. The van der Waals surface area contributed by atoms with Gasteiger partial charge in [0.1, 0.15) is 0 Å². The van der Waals surface area contributed by atoms with E-state index in [1.807, 2.05) is 0 Å². The van der Waals surface area contributed by atoms with Gasteiger partial charge in [0.15, 0.2) is 0 Å². The first-order valence-electron chi connectivity index (χ1n) is 0.647. The number of hydrogen-bond donors (Lipinski definition) is 2. The van der Waals surface area contributed by atoms with E-state index < -0.39 is 13.4 Å². The number of rotatable bonds is 0. The zero-order valence-corrected chi connectivity index (χ0v) is 7.69. The Morgan fingerprint density at radius 1 is 1.25 bits per heavy atom. The first-order chi connectivity index (χ1) is 2.00. The molecule has 0 aromatic rings. The van der Waals surface area contributed by atoms with E-state index >= 15 is 0 Å². The normalized spacial score (nSPS) is 7.25. The summed E-state index contributed by atoms with van der Waals surface area (Å²) < 4.78 is 31.8. The summed E-state index contributed by atoms with van der Waals surface area (Å²) >= 11 is -5.12. The number of hydrogen-bond acceptors (Lipinski definition) is 2. The van der Waals surface area contributed by atoms with Crippen molar-refractivity contribution in [3.8, 4) is 0 Å². The van der Waals surface area contributed by atoms with Crippen molar-refractivity contribution in [2.45, 2.75) is 0 Å². The topological polar surface area (TPSA) is 74.6 Å². The molecule has 0 saturated carbocycles. The van der Waals surface area contributed by atoms with Crippen LogP contribution in [-0.2, 0) is 37.5 Å². The Morgan fingerprint density at radius 3 is 1.25 bits per heavy atom. The minimum atomic E-state index is -5.12. The summed E-state index contributed by atoms with van der Waals surface area (Å²) in [6.07, 6.45) is 0. The van der Waals surface area contributed by atoms with Gasteiger partial charge in [0.2, 0.25) is 0 Å². The molecule has 0 saturated heterocycles. The summed E-state index contributed by atoms with van der Waals surface area (Å²) in [5.41, 5.74) is 0. The van der Waals surface area contributed by atoms with Crippen molar-refractivity contribution in [2.24, 2.45) is 0 Å². The second-order valence-corrected chi connectivity index (χ2v) is 1.71. The van der Waals surface area contributed by atoms with Gasteiger partial charge in [-0.1, -0.05) is 0 Å². The third-order valence-electron chi connectivity index (χ3n) is 0. The molecule has 0 atom stereocenters. The summed E-state index contributed by atoms with van der Waals surface area (Å²) in [7, 11) is 0. The molecular formula is H5LiMgMnNiO4. The van der Waals surface area contributed by atoms with E-state index in [0.29, 0.717) is 0 Å². The van der Waals surface area contributed by atoms with Crippen LogP contribution in [0.5, 0.6) is 0 Å². The standard InChI is InChI=1S/Li.Mg.Mn.Ni.2H2O.2O.3H/h;;;;2*1H2;;;;;/q+1;2*+2;;;;;;3*-1/p-2. The third-order valence-corrected chi connectivity index (χ3v) is 0. The molecule has 0 heterocycles. The van der Waals surface area contributed by atoms with E-state index in [9.17, 15) is 0 Å². The van der Waals surface area contributed by atoms with E-state index in [2.05, 4.69) is 0 Å². The van der Waals surface area contributed by atoms with Gasteiger partial charge in [0.25, 0.3) is 0 Å². The van der Waals surface area contributed by atoms with Gasteiger partial charge in [-0.15, -0.1) is 0 Å². The van der Waals surface area contributed by atoms with Gasteiger partial charge in [0, 0.05) is 16.5 Å². The van der Waals surface area contributed by atoms with Crippen LogP contribution >= 0.6 is 0 Å². The van der Waals surface area contributed by atoms with Crippen molar-refractivity contribution < 1.29 is 69.0 Å². The summed E-state index contributed by atoms with van der Waals surface area (Å²) in [5, 5.41) is 0. The molecule has 4 nitrogen and oxygen atoms in total. The molecule has 0 radical (unpaired) electrons. The van der Waals surface area contributed by atoms with Crippen molar-refractivity contribution >= 4 is 23.1 Å². The summed E-state index contributed by atoms with van der Waals surface area (Å²) in [4.78, 5) is 0. The molecule has 0 bridgehead atoms. The molecule has 0 aromatic carbocycles. The fourth-order valence-corrected chi connectivity index (χ4v) is 0. The first kappa shape index (κ1) is 22.5. The van der Waals surface area contributed by atoms with Gasteiger partial charge in [-0.05, 0) is 0 Å². The Morgan fingerprint density at radius 2 is 1.25 bits per heavy atom. The molecule has 0 aliphatic rings. The van der Waals surface area contributed by atoms with Gasteiger partial charge in [-0.3, -0.25) is 0 Å². The van der Waals surface area contributed by atoms with Crippen LogP contribution in [0.15, 0.2) is 0 Å². The Kier molecular flexibility index (Phi) is 25.1. The average Bonchev–Trinajstić information content (AvgIpc) is 0.722. The van der Waals surface area contributed by atoms with Crippen molar-refractivity contribution in [2.75, 3.05) is 0 Å². The Labute approximate surface area is 91.4 Å². The molecule has 49 valence electrons. The zero-order chi connectivity index (χ0) is 4.50. The van der Waals surface area contributed by atoms with E-state index in [0.717, 1.165) is 0 Å². The molecule has 8 heteroatoms. The molecule has 0 aliphatic carbocycles. The van der Waals surface area contributed by atoms with E-state index in [1.165, 1.54) is 0 Å². The van der Waals surface area contributed by atoms with Crippen LogP contribution < -0.4 is 18.9 Å². The summed E-state index contributed by atoms with van der Waals surface area (Å²) in [6.45, 7) is 0. The van der Waals surface area contributed by atoms with Gasteiger partial charge in [0.05, 0.1) is 0 Å². The Bertz CT molecular complexity index is 109. The van der Waals surface area contributed by atoms with Crippen LogP contribution in [0.2, 0.25) is 0 Å². The summed E-state index contributed by atoms with van der Waals surface area (Å²) in [6, 6.07) is 0. The van der Waals surface area contributed by atoms with Crippen LogP contribution in [-0.4, -0.2) is 31.4 Å². The van der Waals surface area contributed by atoms with Crippen molar-refractivity contribution in [3.63, 3.8) is 0 Å². The van der Waals surface area contributed by atoms with Crippen molar-refractivity contribution in [3.05, 3.63) is 0 Å². The van der Waals surface area contributed by atoms with E-state index in [-0.39, 0.29) is 62.7 Å². The van der Waals surface area contributed by atoms with Crippen LogP contribution in [0, 0.1) is 0 Å². The average molecular weight is 214 g/mol.